The van der Waals surface area contributed by atoms with E-state index in [9.17, 15) is 23.3 Å². The molecule has 2 aromatic heterocycles. The topological polar surface area (TPSA) is 16.3 Å². The lowest BCUT2D eigenvalue weighted by atomic mass is 9.33. The Morgan fingerprint density at radius 1 is 0.219 bits per heavy atom. The Morgan fingerprint density at radius 3 is 1.09 bits per heavy atom. The van der Waals surface area contributed by atoms with Crippen LogP contribution in [0, 0.1) is 0 Å². The minimum absolute atomic E-state index is 0.0388. The maximum absolute atomic E-state index is 12.1. The summed E-state index contributed by atoms with van der Waals surface area (Å²) < 4.78 is 186. The molecule has 5 heteroatoms. The molecule has 16 aromatic rings. The van der Waals surface area contributed by atoms with Crippen LogP contribution in [-0.4, -0.2) is 15.8 Å². The van der Waals surface area contributed by atoms with Gasteiger partial charge in [0.05, 0.1) is 62.4 Å². The molecule has 4 nitrogen and oxygen atoms in total. The van der Waals surface area contributed by atoms with E-state index in [1.54, 1.807) is 4.57 Å². The second-order valence-electron chi connectivity index (χ2n) is 51.6. The van der Waals surface area contributed by atoms with Crippen molar-refractivity contribution in [2.24, 2.45) is 0 Å². The fourth-order valence-corrected chi connectivity index (χ4v) is 20.1. The third-order valence-electron chi connectivity index (χ3n) is 28.4. The Kier molecular flexibility index (Phi) is 18.1. The van der Waals surface area contributed by atoms with E-state index < -0.39 is 121 Å². The molecule has 0 bridgehead atoms. The van der Waals surface area contributed by atoms with Gasteiger partial charge in [0.1, 0.15) is 0 Å². The fourth-order valence-electron chi connectivity index (χ4n) is 20.1. The van der Waals surface area contributed by atoms with Crippen LogP contribution in [0.1, 0.15) is 339 Å². The first-order valence-electron chi connectivity index (χ1n) is 57.9. The van der Waals surface area contributed by atoms with Crippen LogP contribution in [0.3, 0.4) is 0 Å². The minimum atomic E-state index is -1.23. The van der Waals surface area contributed by atoms with Crippen molar-refractivity contribution in [1.29, 1.82) is 0 Å². The number of anilines is 6. The summed E-state index contributed by atoms with van der Waals surface area (Å²) in [6.45, 7) is 75.3. The van der Waals surface area contributed by atoms with Crippen LogP contribution < -0.4 is 26.2 Å². The van der Waals surface area contributed by atoms with E-state index in [0.29, 0.717) is 39.2 Å². The number of hydrogen-bond donors (Lipinski definition) is 0. The lowest BCUT2D eigenvalue weighted by Gasteiger charge is -2.46. The van der Waals surface area contributed by atoms with Crippen molar-refractivity contribution in [3.63, 3.8) is 0 Å². The smallest absolute Gasteiger partial charge is 0.252 e. The Morgan fingerprint density at radius 2 is 0.613 bits per heavy atom. The molecule has 0 unspecified atom stereocenters. The summed E-state index contributed by atoms with van der Waals surface area (Å²) in [5.74, 6) is 0. The molecule has 2 aliphatic rings. The van der Waals surface area contributed by atoms with Gasteiger partial charge in [0, 0.05) is 72.2 Å². The van der Waals surface area contributed by atoms with Crippen molar-refractivity contribution < 1.29 is 23.3 Å². The summed E-state index contributed by atoms with van der Waals surface area (Å²) in [6, 6.07) is 50.1. The second kappa shape index (κ2) is 32.5. The maximum Gasteiger partial charge on any atom is 0.252 e. The molecule has 18 rings (SSSR count). The lowest BCUT2D eigenvalue weighted by molar-refractivity contribution is 0.568. The third-order valence-corrected chi connectivity index (χ3v) is 28.4. The quantitative estimate of drug-likeness (QED) is 0.134. The van der Waals surface area contributed by atoms with Crippen LogP contribution in [-0.2, 0) is 65.0 Å². The summed E-state index contributed by atoms with van der Waals surface area (Å²) in [5, 5.41) is 1.72. The van der Waals surface area contributed by atoms with Gasteiger partial charge in [0.2, 0.25) is 0 Å². The van der Waals surface area contributed by atoms with E-state index in [1.807, 2.05) is 100 Å². The molecule has 702 valence electrons. The fraction of sp³-hybridized carbons (Fsp3) is 0.364. The Hall–Kier alpha value is -11.7. The van der Waals surface area contributed by atoms with Crippen molar-refractivity contribution in [1.82, 2.24) is 9.13 Å². The van der Waals surface area contributed by atoms with Gasteiger partial charge in [-0.05, 0) is 272 Å². The first-order valence-corrected chi connectivity index (χ1v) is 49.4. The highest BCUT2D eigenvalue weighted by Crippen LogP contribution is 2.59. The lowest BCUT2D eigenvalue weighted by Crippen LogP contribution is -2.61. The van der Waals surface area contributed by atoms with Gasteiger partial charge in [0.15, 0.2) is 0 Å². The second-order valence-corrected chi connectivity index (χ2v) is 51.6. The standard InChI is InChI=1S/C132H151BN4/c1-121(2,3)84-52-49-80(50-53-84)99-73-92(129(25,26)27)76-105(101-70-85(122(4,5)6)54-58-107(101)132(34,35)36)119(99)136-114-67-81(82-63-88(125(13,14)15)68-89(64-82)126(16,17)18)51-59-108(114)133-109-60-57-94(134-112-61-55-86(123(7,8)9)71-102(112)103-72-87(124(10,11)12)56-62-113(103)134)77-115(109)137(117-79-95(78-116(136)118(117)133)135-110-47-41-38-44-97(110)98-45-39-42-48-111(98)135)120-100(83-65-90(127(19,20)21)69-91(66-83)128(22,23)24)74-93(130(28,29)30)75-104(120)96-43-37-40-46-106(96)131(31,32)33/h37-79H,1-36H3/i38D,39D,41D,42D,44D,45D,47D,48D,49D,50D,52D,53D,54D,58D,70D,73D,76D. The van der Waals surface area contributed by atoms with Gasteiger partial charge in [-0.2, -0.15) is 0 Å². The Labute approximate surface area is 846 Å². The molecular formula is C132H151BN4. The number of aromatic nitrogens is 2. The average Bonchev–Trinajstić information content (AvgIpc) is 0.939. The molecule has 0 amide bonds. The normalized spacial score (nSPS) is 15.7. The van der Waals surface area contributed by atoms with Crippen molar-refractivity contribution in [2.45, 2.75) is 314 Å². The summed E-state index contributed by atoms with van der Waals surface area (Å²) >= 11 is 0. The average molecular weight is 1820 g/mol. The first kappa shape index (κ1) is 76.3. The van der Waals surface area contributed by atoms with E-state index in [2.05, 4.69) is 321 Å². The third kappa shape index (κ3) is 17.3. The summed E-state index contributed by atoms with van der Waals surface area (Å²) in [5.41, 5.74) is 12.2. The number of nitrogens with zero attached hydrogens (tertiary/aromatic N) is 4. The molecule has 0 atom stereocenters. The minimum Gasteiger partial charge on any atom is -0.310 e. The summed E-state index contributed by atoms with van der Waals surface area (Å²) in [7, 11) is 0. The van der Waals surface area contributed by atoms with E-state index >= 15 is 0 Å². The van der Waals surface area contributed by atoms with Gasteiger partial charge in [0.25, 0.3) is 6.71 Å². The predicted molar refractivity (Wildman–Crippen MR) is 601 cm³/mol. The highest BCUT2D eigenvalue weighted by Gasteiger charge is 2.48. The maximum atomic E-state index is 12.1. The van der Waals surface area contributed by atoms with Gasteiger partial charge >= 0.3 is 0 Å². The molecule has 2 aliphatic heterocycles. The zero-order chi connectivity index (χ0) is 114. The zero-order valence-electron chi connectivity index (χ0n) is 105. The number of fused-ring (bicyclic) bond motifs is 10. The molecule has 4 heterocycles. The van der Waals surface area contributed by atoms with Gasteiger partial charge < -0.3 is 18.9 Å². The van der Waals surface area contributed by atoms with Crippen molar-refractivity contribution in [3.8, 4) is 67.0 Å². The van der Waals surface area contributed by atoms with Gasteiger partial charge in [-0.3, -0.25) is 0 Å². The first-order chi connectivity index (χ1) is 70.6. The van der Waals surface area contributed by atoms with Crippen LogP contribution in [0.4, 0.5) is 34.1 Å². The van der Waals surface area contributed by atoms with Crippen LogP contribution >= 0.6 is 0 Å². The summed E-state index contributed by atoms with van der Waals surface area (Å²) in [4.78, 5) is 4.39. The molecular weight excluding hydrogens is 1650 g/mol. The van der Waals surface area contributed by atoms with Crippen molar-refractivity contribution in [3.05, 3.63) is 327 Å². The predicted octanol–water partition coefficient (Wildman–Crippen LogP) is 35.9. The van der Waals surface area contributed by atoms with Crippen LogP contribution in [0.15, 0.2) is 260 Å². The van der Waals surface area contributed by atoms with E-state index in [4.69, 9.17) is 0 Å². The molecule has 0 radical (unpaired) electrons. The number of rotatable bonds is 9. The monoisotopic (exact) mass is 1820 g/mol. The van der Waals surface area contributed by atoms with Crippen LogP contribution in [0.2, 0.25) is 0 Å². The van der Waals surface area contributed by atoms with E-state index in [1.165, 1.54) is 0 Å². The molecule has 0 N–H and O–H groups in total. The van der Waals surface area contributed by atoms with E-state index in [-0.39, 0.29) is 137 Å². The molecule has 0 aliphatic carbocycles. The molecule has 0 fully saturated rings. The molecule has 0 saturated heterocycles. The van der Waals surface area contributed by atoms with Crippen molar-refractivity contribution >= 4 is 101 Å². The molecule has 0 spiro atoms. The Balaban J connectivity index is 1.22. The van der Waals surface area contributed by atoms with Gasteiger partial charge in [-0.25, -0.2) is 0 Å². The molecule has 137 heavy (non-hydrogen) atoms. The number of hydrogen-bond acceptors (Lipinski definition) is 2. The number of para-hydroxylation sites is 2. The van der Waals surface area contributed by atoms with Gasteiger partial charge in [-0.1, -0.05) is 419 Å². The Bertz CT molecular complexity index is 8410. The highest BCUT2D eigenvalue weighted by molar-refractivity contribution is 7.00. The van der Waals surface area contributed by atoms with E-state index in [0.717, 1.165) is 105 Å². The van der Waals surface area contributed by atoms with Crippen molar-refractivity contribution in [2.75, 3.05) is 9.80 Å². The molecule has 0 saturated carbocycles. The zero-order valence-corrected chi connectivity index (χ0v) is 88.4. The molecule has 14 aromatic carbocycles. The highest BCUT2D eigenvalue weighted by atomic mass is 15.2. The van der Waals surface area contributed by atoms with Gasteiger partial charge in [-0.15, -0.1) is 0 Å². The SMILES string of the molecule is [2H]c1c([2H])c(C(C)(C)C)c([2H])c([2H])c1-c1c([2H])c(C(C)(C)C)c([2H])c(-c2c([2H])c(C(C)(C)C)c([2H])c([2H])c2C(C)(C)C)c1N1c2cc(-c3cc(C(C)(C)C)cc(C(C)(C)C)c3)ccc2B2c3ccc(-n4c5ccc(C(C)(C)C)cc5c5cc(C(C)(C)C)ccc54)cc3N(c3c(-c4cc(C(C)(C)C)cc(C(C)(C)C)c4)cc(C(C)(C)C)cc3-c3ccccc3C(C)(C)C)c3cc(-n4c5c([2H])c([2H])c([2H])c([2H])c5c5c([2H])c([2H])c([2H])c([2H])c54)cc1c32. The van der Waals surface area contributed by atoms with Crippen LogP contribution in [0.5, 0.6) is 0 Å². The summed E-state index contributed by atoms with van der Waals surface area (Å²) in [6.07, 6.45) is 0. The number of benzene rings is 14. The van der Waals surface area contributed by atoms with Crippen LogP contribution in [0.25, 0.3) is 111 Å². The largest absolute Gasteiger partial charge is 0.310 e.